The zero-order valence-corrected chi connectivity index (χ0v) is 8.36. The fourth-order valence-electron chi connectivity index (χ4n) is 2.30. The molecule has 3 rings (SSSR count). The number of benzene rings is 1. The molecular formula is C12H12O3. The number of aldehydes is 1. The average Bonchev–Trinajstić information content (AvgIpc) is 2.84. The lowest BCUT2D eigenvalue weighted by Gasteiger charge is -2.21. The Bertz CT molecular complexity index is 405. The fourth-order valence-corrected chi connectivity index (χ4v) is 2.30. The molecule has 0 atom stereocenters. The summed E-state index contributed by atoms with van der Waals surface area (Å²) in [6, 6.07) is 5.31. The summed E-state index contributed by atoms with van der Waals surface area (Å²) in [6.07, 6.45) is 5.00. The summed E-state index contributed by atoms with van der Waals surface area (Å²) in [4.78, 5) is 10.6. The average molecular weight is 204 g/mol. The molecule has 1 heterocycles. The third-order valence-electron chi connectivity index (χ3n) is 3.06. The van der Waals surface area contributed by atoms with E-state index in [0.717, 1.165) is 37.7 Å². The van der Waals surface area contributed by atoms with E-state index in [2.05, 4.69) is 0 Å². The smallest absolute Gasteiger partial charge is 0.251 e. The summed E-state index contributed by atoms with van der Waals surface area (Å²) in [7, 11) is 0. The number of carbonyl (C=O) groups excluding carboxylic acids is 1. The number of rotatable bonds is 1. The van der Waals surface area contributed by atoms with Crippen LogP contribution in [0.5, 0.6) is 11.5 Å². The molecule has 0 N–H and O–H groups in total. The minimum atomic E-state index is -0.427. The zero-order chi connectivity index (χ0) is 10.3. The van der Waals surface area contributed by atoms with Crippen LogP contribution in [0.25, 0.3) is 0 Å². The molecule has 0 aromatic heterocycles. The molecule has 1 aliphatic heterocycles. The number of ether oxygens (including phenoxy) is 2. The molecule has 0 radical (unpaired) electrons. The van der Waals surface area contributed by atoms with Crippen molar-refractivity contribution < 1.29 is 14.3 Å². The summed E-state index contributed by atoms with van der Waals surface area (Å²) in [6.45, 7) is 0. The van der Waals surface area contributed by atoms with Gasteiger partial charge in [0, 0.05) is 18.4 Å². The molecular weight excluding hydrogens is 192 g/mol. The molecule has 78 valence electrons. The highest BCUT2D eigenvalue weighted by molar-refractivity contribution is 5.76. The van der Waals surface area contributed by atoms with Gasteiger partial charge >= 0.3 is 0 Å². The molecule has 2 aliphatic rings. The molecule has 1 spiro atoms. The monoisotopic (exact) mass is 204 g/mol. The summed E-state index contributed by atoms with van der Waals surface area (Å²) in [5.41, 5.74) is 0.632. The van der Waals surface area contributed by atoms with E-state index in [1.165, 1.54) is 0 Å². The van der Waals surface area contributed by atoms with E-state index in [1.54, 1.807) is 12.1 Å². The first-order valence-corrected chi connectivity index (χ1v) is 5.29. The minimum absolute atomic E-state index is 0.427. The molecule has 3 nitrogen and oxygen atoms in total. The lowest BCUT2D eigenvalue weighted by molar-refractivity contribution is -0.0716. The van der Waals surface area contributed by atoms with Crippen LogP contribution in [0.4, 0.5) is 0 Å². The van der Waals surface area contributed by atoms with E-state index in [0.29, 0.717) is 11.3 Å². The maximum Gasteiger partial charge on any atom is 0.251 e. The molecule has 0 saturated heterocycles. The van der Waals surface area contributed by atoms with Crippen molar-refractivity contribution >= 4 is 6.29 Å². The summed E-state index contributed by atoms with van der Waals surface area (Å²) in [5.74, 6) is 1.05. The summed E-state index contributed by atoms with van der Waals surface area (Å²) < 4.78 is 11.6. The third kappa shape index (κ3) is 1.30. The molecule has 1 aromatic carbocycles. The van der Waals surface area contributed by atoms with Crippen LogP contribution >= 0.6 is 0 Å². The van der Waals surface area contributed by atoms with Crippen molar-refractivity contribution in [3.63, 3.8) is 0 Å². The quantitative estimate of drug-likeness (QED) is 0.659. The van der Waals surface area contributed by atoms with E-state index in [4.69, 9.17) is 9.47 Å². The number of carbonyl (C=O) groups is 1. The van der Waals surface area contributed by atoms with Crippen molar-refractivity contribution in [3.8, 4) is 11.5 Å². The Morgan fingerprint density at radius 2 is 1.87 bits per heavy atom. The first kappa shape index (κ1) is 8.77. The number of fused-ring (bicyclic) bond motifs is 1. The third-order valence-corrected chi connectivity index (χ3v) is 3.06. The van der Waals surface area contributed by atoms with Gasteiger partial charge in [-0.3, -0.25) is 4.79 Å². The van der Waals surface area contributed by atoms with Crippen LogP contribution in [-0.2, 0) is 0 Å². The Balaban J connectivity index is 1.95. The topological polar surface area (TPSA) is 35.5 Å². The van der Waals surface area contributed by atoms with Crippen LogP contribution in [-0.4, -0.2) is 12.1 Å². The summed E-state index contributed by atoms with van der Waals surface area (Å²) >= 11 is 0. The second-order valence-electron chi connectivity index (χ2n) is 4.15. The van der Waals surface area contributed by atoms with Crippen LogP contribution in [0, 0.1) is 0 Å². The van der Waals surface area contributed by atoms with Gasteiger partial charge in [0.2, 0.25) is 0 Å². The van der Waals surface area contributed by atoms with Gasteiger partial charge in [-0.25, -0.2) is 0 Å². The Morgan fingerprint density at radius 3 is 2.60 bits per heavy atom. The van der Waals surface area contributed by atoms with Crippen molar-refractivity contribution in [2.75, 3.05) is 0 Å². The standard InChI is InChI=1S/C12H12O3/c13-8-9-3-4-10-11(7-9)15-12(14-10)5-1-2-6-12/h3-4,7-8H,1-2,5-6H2. The van der Waals surface area contributed by atoms with Gasteiger partial charge in [-0.2, -0.15) is 0 Å². The van der Waals surface area contributed by atoms with Gasteiger partial charge in [0.25, 0.3) is 5.79 Å². The van der Waals surface area contributed by atoms with Gasteiger partial charge in [-0.05, 0) is 31.0 Å². The van der Waals surface area contributed by atoms with Crippen LogP contribution < -0.4 is 9.47 Å². The molecule has 15 heavy (non-hydrogen) atoms. The van der Waals surface area contributed by atoms with Gasteiger partial charge in [-0.1, -0.05) is 0 Å². The van der Waals surface area contributed by atoms with E-state index in [1.807, 2.05) is 6.07 Å². The van der Waals surface area contributed by atoms with Gasteiger partial charge in [0.05, 0.1) is 0 Å². The van der Waals surface area contributed by atoms with Crippen molar-refractivity contribution in [1.29, 1.82) is 0 Å². The second-order valence-corrected chi connectivity index (χ2v) is 4.15. The molecule has 1 aliphatic carbocycles. The predicted molar refractivity (Wildman–Crippen MR) is 54.3 cm³/mol. The van der Waals surface area contributed by atoms with Crippen molar-refractivity contribution in [1.82, 2.24) is 0 Å². The van der Waals surface area contributed by atoms with Crippen LogP contribution in [0.15, 0.2) is 18.2 Å². The normalized spacial score (nSPS) is 20.8. The molecule has 1 aromatic rings. The van der Waals surface area contributed by atoms with Crippen LogP contribution in [0.1, 0.15) is 36.0 Å². The molecule has 0 amide bonds. The lowest BCUT2D eigenvalue weighted by Crippen LogP contribution is -2.34. The van der Waals surface area contributed by atoms with E-state index in [9.17, 15) is 4.79 Å². The Hall–Kier alpha value is -1.51. The number of hydrogen-bond acceptors (Lipinski definition) is 3. The summed E-state index contributed by atoms with van der Waals surface area (Å²) in [5, 5.41) is 0. The highest BCUT2D eigenvalue weighted by atomic mass is 16.7. The number of hydrogen-bond donors (Lipinski definition) is 0. The van der Waals surface area contributed by atoms with Crippen LogP contribution in [0.2, 0.25) is 0 Å². The van der Waals surface area contributed by atoms with Crippen molar-refractivity contribution in [2.24, 2.45) is 0 Å². The highest BCUT2D eigenvalue weighted by Crippen LogP contribution is 2.46. The zero-order valence-electron chi connectivity index (χ0n) is 8.36. The van der Waals surface area contributed by atoms with Crippen LogP contribution in [0.3, 0.4) is 0 Å². The van der Waals surface area contributed by atoms with E-state index >= 15 is 0 Å². The molecule has 3 heteroatoms. The van der Waals surface area contributed by atoms with Gasteiger partial charge in [0.1, 0.15) is 6.29 Å². The maximum absolute atomic E-state index is 10.6. The van der Waals surface area contributed by atoms with Crippen molar-refractivity contribution in [2.45, 2.75) is 31.5 Å². The second kappa shape index (κ2) is 2.99. The SMILES string of the molecule is O=Cc1ccc2c(c1)OC1(CCCC1)O2. The Morgan fingerprint density at radius 1 is 1.13 bits per heavy atom. The first-order chi connectivity index (χ1) is 7.31. The highest BCUT2D eigenvalue weighted by Gasteiger charge is 2.43. The fraction of sp³-hybridized carbons (Fsp3) is 0.417. The van der Waals surface area contributed by atoms with Crippen molar-refractivity contribution in [3.05, 3.63) is 23.8 Å². The molecule has 1 fully saturated rings. The van der Waals surface area contributed by atoms with Gasteiger partial charge in [0.15, 0.2) is 11.5 Å². The van der Waals surface area contributed by atoms with E-state index in [-0.39, 0.29) is 0 Å². The Kier molecular flexibility index (Phi) is 1.75. The van der Waals surface area contributed by atoms with Gasteiger partial charge in [-0.15, -0.1) is 0 Å². The molecule has 0 unspecified atom stereocenters. The molecule has 1 saturated carbocycles. The Labute approximate surface area is 88.0 Å². The molecule has 0 bridgehead atoms. The lowest BCUT2D eigenvalue weighted by atomic mass is 10.2. The predicted octanol–water partition coefficient (Wildman–Crippen LogP) is 2.54. The maximum atomic E-state index is 10.6. The minimum Gasteiger partial charge on any atom is -0.448 e. The van der Waals surface area contributed by atoms with Gasteiger partial charge < -0.3 is 9.47 Å². The first-order valence-electron chi connectivity index (χ1n) is 5.29. The largest absolute Gasteiger partial charge is 0.448 e. The van der Waals surface area contributed by atoms with E-state index < -0.39 is 5.79 Å².